The molecule has 0 atom stereocenters. The van der Waals surface area contributed by atoms with E-state index in [0.29, 0.717) is 0 Å². The highest BCUT2D eigenvalue weighted by atomic mass is 35.5. The Morgan fingerprint density at radius 3 is 2.47 bits per heavy atom. The standard InChI is InChI=1S/C12H16ClN3O2S/c1-8(2)19(17,18)11-6-4-3-5-10(11)16-12(15)9(13)7-14/h3-8H,14H2,1-2H3,(H2,15,16). The van der Waals surface area contributed by atoms with Crippen molar-refractivity contribution in [2.45, 2.75) is 24.0 Å². The second kappa shape index (κ2) is 6.08. The maximum atomic E-state index is 12.2. The summed E-state index contributed by atoms with van der Waals surface area (Å²) in [5.41, 5.74) is 11.1. The summed E-state index contributed by atoms with van der Waals surface area (Å²) in [6.45, 7) is 3.21. The first-order chi connectivity index (χ1) is 8.80. The molecule has 4 N–H and O–H groups in total. The molecule has 1 aromatic rings. The lowest BCUT2D eigenvalue weighted by Gasteiger charge is -2.10. The monoisotopic (exact) mass is 301 g/mol. The first-order valence-corrected chi connectivity index (χ1v) is 7.48. The summed E-state index contributed by atoms with van der Waals surface area (Å²) < 4.78 is 24.4. The number of sulfone groups is 1. The van der Waals surface area contributed by atoms with E-state index in [1.807, 2.05) is 0 Å². The van der Waals surface area contributed by atoms with E-state index in [4.69, 9.17) is 23.1 Å². The molecule has 104 valence electrons. The van der Waals surface area contributed by atoms with Crippen LogP contribution in [0.4, 0.5) is 5.69 Å². The Kier molecular flexibility index (Phi) is 4.97. The van der Waals surface area contributed by atoms with Crippen LogP contribution in [0.5, 0.6) is 0 Å². The summed E-state index contributed by atoms with van der Waals surface area (Å²) in [7, 11) is -3.44. The van der Waals surface area contributed by atoms with Crippen LogP contribution in [0.15, 0.2) is 45.4 Å². The fourth-order valence-electron chi connectivity index (χ4n) is 1.31. The lowest BCUT2D eigenvalue weighted by Crippen LogP contribution is -2.15. The van der Waals surface area contributed by atoms with Crippen molar-refractivity contribution in [1.82, 2.24) is 0 Å². The first-order valence-electron chi connectivity index (χ1n) is 5.55. The molecule has 0 unspecified atom stereocenters. The highest BCUT2D eigenvalue weighted by molar-refractivity contribution is 7.92. The largest absolute Gasteiger partial charge is 0.403 e. The molecular formula is C12H16ClN3O2S. The van der Waals surface area contributed by atoms with Crippen LogP contribution in [0.3, 0.4) is 0 Å². The fourth-order valence-corrected chi connectivity index (χ4v) is 2.54. The SMILES string of the molecule is CC(C)S(=O)(=O)c1ccccc1N=C(N)C(Cl)=CN. The minimum atomic E-state index is -3.44. The molecule has 0 aliphatic heterocycles. The average molecular weight is 302 g/mol. The summed E-state index contributed by atoms with van der Waals surface area (Å²) in [5, 5.41) is -0.484. The molecule has 0 fully saturated rings. The molecule has 0 amide bonds. The van der Waals surface area contributed by atoms with Crippen LogP contribution >= 0.6 is 11.6 Å². The third kappa shape index (κ3) is 3.48. The number of rotatable bonds is 4. The number of halogens is 1. The molecule has 0 bridgehead atoms. The topological polar surface area (TPSA) is 98.5 Å². The maximum Gasteiger partial charge on any atom is 0.182 e. The van der Waals surface area contributed by atoms with Gasteiger partial charge in [0, 0.05) is 6.20 Å². The molecule has 0 aliphatic carbocycles. The number of benzene rings is 1. The van der Waals surface area contributed by atoms with E-state index in [2.05, 4.69) is 4.99 Å². The van der Waals surface area contributed by atoms with E-state index in [0.717, 1.165) is 6.20 Å². The van der Waals surface area contributed by atoms with Gasteiger partial charge in [0.25, 0.3) is 0 Å². The van der Waals surface area contributed by atoms with Crippen molar-refractivity contribution in [1.29, 1.82) is 0 Å². The highest BCUT2D eigenvalue weighted by Crippen LogP contribution is 2.27. The van der Waals surface area contributed by atoms with Crippen LogP contribution in [-0.2, 0) is 9.84 Å². The zero-order chi connectivity index (χ0) is 14.6. The van der Waals surface area contributed by atoms with Gasteiger partial charge >= 0.3 is 0 Å². The molecule has 0 aliphatic rings. The summed E-state index contributed by atoms with van der Waals surface area (Å²) >= 11 is 5.73. The average Bonchev–Trinajstić information content (AvgIpc) is 2.37. The van der Waals surface area contributed by atoms with Crippen molar-refractivity contribution in [3.63, 3.8) is 0 Å². The van der Waals surface area contributed by atoms with Gasteiger partial charge in [-0.1, -0.05) is 23.7 Å². The molecule has 19 heavy (non-hydrogen) atoms. The van der Waals surface area contributed by atoms with Gasteiger partial charge in [0.15, 0.2) is 9.84 Å². The second-order valence-corrected chi connectivity index (χ2v) is 6.95. The second-order valence-electron chi connectivity index (χ2n) is 4.07. The number of hydrogen-bond donors (Lipinski definition) is 2. The summed E-state index contributed by atoms with van der Waals surface area (Å²) in [6.07, 6.45) is 1.10. The molecule has 0 aromatic heterocycles. The van der Waals surface area contributed by atoms with Crippen molar-refractivity contribution in [3.8, 4) is 0 Å². The van der Waals surface area contributed by atoms with Gasteiger partial charge in [0.2, 0.25) is 0 Å². The Labute approximate surface area is 117 Å². The predicted molar refractivity (Wildman–Crippen MR) is 78.2 cm³/mol. The summed E-state index contributed by atoms with van der Waals surface area (Å²) in [6, 6.07) is 6.35. The van der Waals surface area contributed by atoms with Crippen LogP contribution in [0.25, 0.3) is 0 Å². The van der Waals surface area contributed by atoms with Gasteiger partial charge in [0.05, 0.1) is 20.9 Å². The molecule has 0 saturated carbocycles. The van der Waals surface area contributed by atoms with Gasteiger partial charge in [-0.3, -0.25) is 0 Å². The van der Waals surface area contributed by atoms with Gasteiger partial charge in [-0.05, 0) is 26.0 Å². The molecular weight excluding hydrogens is 286 g/mol. The Bertz CT molecular complexity index is 622. The molecule has 0 spiro atoms. The molecule has 1 rings (SSSR count). The first kappa shape index (κ1) is 15.5. The number of aliphatic imine (C=N–C) groups is 1. The quantitative estimate of drug-likeness (QED) is 0.655. The lowest BCUT2D eigenvalue weighted by molar-refractivity contribution is 0.587. The minimum absolute atomic E-state index is 0.0319. The van der Waals surface area contributed by atoms with Gasteiger partial charge in [0.1, 0.15) is 5.84 Å². The third-order valence-electron chi connectivity index (χ3n) is 2.42. The van der Waals surface area contributed by atoms with Gasteiger partial charge in [-0.15, -0.1) is 0 Å². The zero-order valence-electron chi connectivity index (χ0n) is 10.7. The molecule has 7 heteroatoms. The Hall–Kier alpha value is -1.53. The summed E-state index contributed by atoms with van der Waals surface area (Å²) in [4.78, 5) is 4.13. The van der Waals surface area contributed by atoms with Gasteiger partial charge < -0.3 is 11.5 Å². The smallest absolute Gasteiger partial charge is 0.182 e. The minimum Gasteiger partial charge on any atom is -0.403 e. The third-order valence-corrected chi connectivity index (χ3v) is 4.94. The van der Waals surface area contributed by atoms with Crippen molar-refractivity contribution in [2.24, 2.45) is 16.5 Å². The number of para-hydroxylation sites is 1. The zero-order valence-corrected chi connectivity index (χ0v) is 12.2. The van der Waals surface area contributed by atoms with Crippen LogP contribution in [0.2, 0.25) is 0 Å². The molecule has 0 saturated heterocycles. The van der Waals surface area contributed by atoms with E-state index >= 15 is 0 Å². The molecule has 5 nitrogen and oxygen atoms in total. The predicted octanol–water partition coefficient (Wildman–Crippen LogP) is 1.90. The van der Waals surface area contributed by atoms with E-state index < -0.39 is 15.1 Å². The van der Waals surface area contributed by atoms with Crippen molar-refractivity contribution in [2.75, 3.05) is 0 Å². The maximum absolute atomic E-state index is 12.2. The van der Waals surface area contributed by atoms with Gasteiger partial charge in [-0.2, -0.15) is 0 Å². The lowest BCUT2D eigenvalue weighted by atomic mass is 10.3. The fraction of sp³-hybridized carbons (Fsp3) is 0.250. The van der Waals surface area contributed by atoms with E-state index in [1.54, 1.807) is 32.0 Å². The summed E-state index contributed by atoms with van der Waals surface area (Å²) in [5.74, 6) is -0.0319. The van der Waals surface area contributed by atoms with Crippen LogP contribution < -0.4 is 11.5 Å². The Morgan fingerprint density at radius 2 is 1.95 bits per heavy atom. The van der Waals surface area contributed by atoms with Gasteiger partial charge in [-0.25, -0.2) is 13.4 Å². The number of hydrogen-bond acceptors (Lipinski definition) is 4. The van der Waals surface area contributed by atoms with Crippen molar-refractivity contribution in [3.05, 3.63) is 35.5 Å². The Morgan fingerprint density at radius 1 is 1.37 bits per heavy atom. The van der Waals surface area contributed by atoms with Crippen molar-refractivity contribution >= 4 is 33.0 Å². The van der Waals surface area contributed by atoms with Crippen LogP contribution in [0.1, 0.15) is 13.8 Å². The molecule has 1 aromatic carbocycles. The number of amidine groups is 1. The number of nitrogens with zero attached hydrogens (tertiary/aromatic N) is 1. The van der Waals surface area contributed by atoms with Crippen molar-refractivity contribution < 1.29 is 8.42 Å². The highest BCUT2D eigenvalue weighted by Gasteiger charge is 2.22. The van der Waals surface area contributed by atoms with E-state index in [9.17, 15) is 8.42 Å². The van der Waals surface area contributed by atoms with E-state index in [1.165, 1.54) is 6.07 Å². The number of nitrogens with two attached hydrogens (primary N) is 2. The Balaban J connectivity index is 3.41. The normalized spacial score (nSPS) is 13.9. The molecule has 0 heterocycles. The van der Waals surface area contributed by atoms with Crippen LogP contribution in [0, 0.1) is 0 Å². The van der Waals surface area contributed by atoms with Crippen LogP contribution in [-0.4, -0.2) is 19.5 Å². The van der Waals surface area contributed by atoms with E-state index in [-0.39, 0.29) is 21.5 Å². The molecule has 0 radical (unpaired) electrons.